The molecular weight excluding hydrogens is 570 g/mol. The van der Waals surface area contributed by atoms with Crippen LogP contribution in [0.1, 0.15) is 66.0 Å². The molecule has 0 saturated heterocycles. The Balaban J connectivity index is 1.31. The van der Waals surface area contributed by atoms with E-state index in [1.807, 2.05) is 24.8 Å². The van der Waals surface area contributed by atoms with Crippen molar-refractivity contribution in [3.8, 4) is 22.3 Å². The number of aryl methyl sites for hydroxylation is 4. The van der Waals surface area contributed by atoms with Crippen LogP contribution in [0.4, 0.5) is 5.69 Å². The summed E-state index contributed by atoms with van der Waals surface area (Å²) in [6.45, 7) is 7.33. The van der Waals surface area contributed by atoms with Gasteiger partial charge in [0.05, 0.1) is 29.6 Å². The first-order chi connectivity index (χ1) is 22.3. The van der Waals surface area contributed by atoms with Gasteiger partial charge in [-0.05, 0) is 96.5 Å². The number of hydrogen-bond donors (Lipinski definition) is 0. The van der Waals surface area contributed by atoms with E-state index in [0.717, 1.165) is 16.8 Å². The van der Waals surface area contributed by atoms with Crippen LogP contribution in [0.2, 0.25) is 0 Å². The smallest absolute Gasteiger partial charge is 0.185 e. The lowest BCUT2D eigenvalue weighted by Gasteiger charge is -2.31. The number of carbonyl (C=O) groups excluding carboxylic acids is 2. The van der Waals surface area contributed by atoms with Crippen LogP contribution in [0.25, 0.3) is 22.3 Å². The van der Waals surface area contributed by atoms with Gasteiger partial charge in [-0.2, -0.15) is 0 Å². The summed E-state index contributed by atoms with van der Waals surface area (Å²) in [5, 5.41) is 0. The van der Waals surface area contributed by atoms with Gasteiger partial charge >= 0.3 is 0 Å². The number of furan rings is 2. The zero-order valence-corrected chi connectivity index (χ0v) is 26.3. The summed E-state index contributed by atoms with van der Waals surface area (Å²) in [4.78, 5) is 29.5. The molecule has 2 aliphatic carbocycles. The molecule has 2 aliphatic rings. The molecule has 0 N–H and O–H groups in total. The molecule has 6 aromatic rings. The van der Waals surface area contributed by atoms with Gasteiger partial charge in [0, 0.05) is 5.69 Å². The minimum Gasteiger partial charge on any atom is -0.466 e. The van der Waals surface area contributed by atoms with Crippen LogP contribution in [-0.4, -0.2) is 24.7 Å². The fraction of sp³-hybridized carbons (Fsp3) is 0.171. The highest BCUT2D eigenvalue weighted by atomic mass is 16.3. The van der Waals surface area contributed by atoms with Gasteiger partial charge in [0.15, 0.2) is 11.6 Å². The third kappa shape index (κ3) is 4.01. The average molecular weight is 604 g/mol. The highest BCUT2D eigenvalue weighted by Gasteiger charge is 2.51. The lowest BCUT2D eigenvalue weighted by atomic mass is 9.70. The highest BCUT2D eigenvalue weighted by molar-refractivity contribution is 6.04. The molecule has 0 aliphatic heterocycles. The Morgan fingerprint density at radius 2 is 0.957 bits per heavy atom. The van der Waals surface area contributed by atoms with Gasteiger partial charge in [-0.25, -0.2) is 0 Å². The van der Waals surface area contributed by atoms with E-state index in [9.17, 15) is 9.59 Å². The predicted molar refractivity (Wildman–Crippen MR) is 180 cm³/mol. The van der Waals surface area contributed by atoms with Crippen molar-refractivity contribution in [3.05, 3.63) is 160 Å². The number of benzene rings is 4. The Morgan fingerprint density at radius 1 is 0.543 bits per heavy atom. The van der Waals surface area contributed by atoms with E-state index < -0.39 is 5.41 Å². The lowest BCUT2D eigenvalue weighted by Crippen LogP contribution is -2.35. The molecule has 46 heavy (non-hydrogen) atoms. The van der Waals surface area contributed by atoms with Gasteiger partial charge in [0.1, 0.15) is 23.0 Å². The number of rotatable bonds is 7. The quantitative estimate of drug-likeness (QED) is 0.170. The first-order valence-electron chi connectivity index (χ1n) is 15.7. The van der Waals surface area contributed by atoms with E-state index in [1.165, 1.54) is 33.4 Å². The molecule has 2 heterocycles. The predicted octanol–water partition coefficient (Wildman–Crippen LogP) is 9.02. The number of nitrogens with zero attached hydrogens (tertiary/aromatic N) is 1. The van der Waals surface area contributed by atoms with E-state index in [0.29, 0.717) is 34.2 Å². The summed E-state index contributed by atoms with van der Waals surface area (Å²) < 4.78 is 11.4. The molecule has 226 valence electrons. The lowest BCUT2D eigenvalue weighted by molar-refractivity contribution is 0.0983. The Hall–Kier alpha value is -5.42. The summed E-state index contributed by atoms with van der Waals surface area (Å²) >= 11 is 0. The largest absolute Gasteiger partial charge is 0.466 e. The summed E-state index contributed by atoms with van der Waals surface area (Å²) in [6.07, 6.45) is 0. The zero-order chi connectivity index (χ0) is 31.7. The van der Waals surface area contributed by atoms with E-state index in [2.05, 4.69) is 84.9 Å². The molecule has 1 spiro atoms. The molecule has 2 aromatic heterocycles. The number of anilines is 1. The third-order valence-electron chi connectivity index (χ3n) is 9.70. The number of hydrogen-bond acceptors (Lipinski definition) is 5. The van der Waals surface area contributed by atoms with Crippen LogP contribution in [0.5, 0.6) is 0 Å². The first-order valence-corrected chi connectivity index (χ1v) is 15.7. The molecule has 8 rings (SSSR count). The maximum absolute atomic E-state index is 13.8. The van der Waals surface area contributed by atoms with Crippen LogP contribution in [0.3, 0.4) is 0 Å². The van der Waals surface area contributed by atoms with Gasteiger partial charge in [-0.3, -0.25) is 9.59 Å². The summed E-state index contributed by atoms with van der Waals surface area (Å²) in [7, 11) is 0. The van der Waals surface area contributed by atoms with Crippen LogP contribution in [0, 0.1) is 27.7 Å². The van der Waals surface area contributed by atoms with Crippen LogP contribution in [-0.2, 0) is 5.41 Å². The Bertz CT molecular complexity index is 2090. The number of carbonyl (C=O) groups is 2. The third-order valence-corrected chi connectivity index (χ3v) is 9.70. The molecule has 0 radical (unpaired) electrons. The van der Waals surface area contributed by atoms with Gasteiger partial charge < -0.3 is 13.7 Å². The molecule has 0 saturated carbocycles. The van der Waals surface area contributed by atoms with Crippen molar-refractivity contribution in [2.75, 3.05) is 18.0 Å². The maximum Gasteiger partial charge on any atom is 0.185 e. The van der Waals surface area contributed by atoms with Crippen LogP contribution >= 0.6 is 0 Å². The highest BCUT2D eigenvalue weighted by Crippen LogP contribution is 2.63. The Labute approximate surface area is 268 Å². The molecule has 0 fully saturated rings. The van der Waals surface area contributed by atoms with Crippen molar-refractivity contribution in [2.45, 2.75) is 33.1 Å². The van der Waals surface area contributed by atoms with E-state index in [1.54, 1.807) is 26.0 Å². The topological polar surface area (TPSA) is 63.7 Å². The second-order valence-electron chi connectivity index (χ2n) is 12.5. The first kappa shape index (κ1) is 28.1. The van der Waals surface area contributed by atoms with Crippen molar-refractivity contribution in [3.63, 3.8) is 0 Å². The minimum absolute atomic E-state index is 0.0212. The standard InChI is InChI=1S/C41H33NO4/c1-24-19-33(26(3)45-24)39(43)22-42(23-40(44)34-20-25(2)46-27(34)4)28-17-18-32-31-13-7-10-16-37(31)41(38(32)21-28)35-14-8-5-11-29(35)30-12-6-9-15-36(30)41/h5-21H,22-23H2,1-4H3. The summed E-state index contributed by atoms with van der Waals surface area (Å²) in [5.41, 5.74) is 11.1. The average Bonchev–Trinajstić information content (AvgIpc) is 3.77. The van der Waals surface area contributed by atoms with Gasteiger partial charge in [0.2, 0.25) is 0 Å². The van der Waals surface area contributed by atoms with Crippen molar-refractivity contribution in [1.29, 1.82) is 0 Å². The van der Waals surface area contributed by atoms with Crippen molar-refractivity contribution in [1.82, 2.24) is 0 Å². The fourth-order valence-electron chi connectivity index (χ4n) is 7.85. The molecule has 0 amide bonds. The number of ketones is 2. The van der Waals surface area contributed by atoms with Crippen LogP contribution < -0.4 is 4.90 Å². The molecule has 5 nitrogen and oxygen atoms in total. The zero-order valence-electron chi connectivity index (χ0n) is 26.3. The number of fused-ring (bicyclic) bond motifs is 10. The molecule has 0 bridgehead atoms. The maximum atomic E-state index is 13.8. The van der Waals surface area contributed by atoms with E-state index in [-0.39, 0.29) is 24.7 Å². The Kier molecular flexibility index (Phi) is 6.30. The SMILES string of the molecule is Cc1cc(C(=O)CN(CC(=O)c2cc(C)oc2C)c2ccc3c(c2)C2(c4ccccc4-c4ccccc42)c2ccccc2-3)c(C)o1. The van der Waals surface area contributed by atoms with Gasteiger partial charge in [-0.1, -0.05) is 78.9 Å². The molecular formula is C41H33NO4. The minimum atomic E-state index is -0.522. The summed E-state index contributed by atoms with van der Waals surface area (Å²) in [5.74, 6) is 2.33. The van der Waals surface area contributed by atoms with Gasteiger partial charge in [0.25, 0.3) is 0 Å². The summed E-state index contributed by atoms with van der Waals surface area (Å²) in [6, 6.07) is 36.0. The second kappa shape index (κ2) is 10.3. The normalized spacial score (nSPS) is 13.3. The molecule has 4 aromatic carbocycles. The molecule has 0 unspecified atom stereocenters. The monoisotopic (exact) mass is 603 g/mol. The van der Waals surface area contributed by atoms with Crippen LogP contribution in [0.15, 0.2) is 112 Å². The van der Waals surface area contributed by atoms with Crippen molar-refractivity contribution in [2.24, 2.45) is 0 Å². The molecule has 0 atom stereocenters. The number of Topliss-reactive ketones (excluding diaryl/α,β-unsaturated/α-hetero) is 2. The molecule has 5 heteroatoms. The van der Waals surface area contributed by atoms with E-state index >= 15 is 0 Å². The van der Waals surface area contributed by atoms with Gasteiger partial charge in [-0.15, -0.1) is 0 Å². The van der Waals surface area contributed by atoms with E-state index in [4.69, 9.17) is 8.83 Å². The fourth-order valence-corrected chi connectivity index (χ4v) is 7.85. The second-order valence-corrected chi connectivity index (χ2v) is 12.5. The van der Waals surface area contributed by atoms with Crippen molar-refractivity contribution >= 4 is 17.3 Å². The Morgan fingerprint density at radius 3 is 1.37 bits per heavy atom. The van der Waals surface area contributed by atoms with Crippen molar-refractivity contribution < 1.29 is 18.4 Å².